The van der Waals surface area contributed by atoms with Crippen LogP contribution < -0.4 is 4.90 Å². The molecule has 232 valence electrons. The van der Waals surface area contributed by atoms with Crippen LogP contribution in [0.25, 0.3) is 11.0 Å². The van der Waals surface area contributed by atoms with Crippen LogP contribution in [0, 0.1) is 0 Å². The summed E-state index contributed by atoms with van der Waals surface area (Å²) in [5, 5.41) is 0. The number of pyridine rings is 1. The maximum absolute atomic E-state index is 13.3. The van der Waals surface area contributed by atoms with E-state index in [0.717, 1.165) is 67.0 Å². The van der Waals surface area contributed by atoms with Crippen molar-refractivity contribution in [3.8, 4) is 0 Å². The van der Waals surface area contributed by atoms with Gasteiger partial charge in [0.25, 0.3) is 5.91 Å². The number of fused-ring (bicyclic) bond motifs is 1. The van der Waals surface area contributed by atoms with Crippen molar-refractivity contribution in [2.75, 3.05) is 58.3 Å². The molecule has 2 saturated heterocycles. The predicted molar refractivity (Wildman–Crippen MR) is 165 cm³/mol. The minimum atomic E-state index is -4.33. The molecule has 4 aromatic rings. The molecule has 4 heterocycles. The zero-order valence-corrected chi connectivity index (χ0v) is 25.1. The first kappa shape index (κ1) is 30.1. The number of likely N-dealkylation sites (tertiary alicyclic amines) is 1. The smallest absolute Gasteiger partial charge is 0.363 e. The largest absolute Gasteiger partial charge is 0.416 e. The minimum Gasteiger partial charge on any atom is -0.363 e. The number of nitrogens with zero attached hydrogens (tertiary/aromatic N) is 6. The zero-order valence-electron chi connectivity index (χ0n) is 25.1. The molecule has 2 aliphatic rings. The van der Waals surface area contributed by atoms with Crippen LogP contribution in [-0.2, 0) is 19.3 Å². The highest BCUT2D eigenvalue weighted by Crippen LogP contribution is 2.31. The number of piperazine rings is 1. The Morgan fingerprint density at radius 3 is 2.18 bits per heavy atom. The van der Waals surface area contributed by atoms with Crippen molar-refractivity contribution in [1.82, 2.24) is 29.7 Å². The lowest BCUT2D eigenvalue weighted by molar-refractivity contribution is -0.137. The molecule has 11 heteroatoms. The number of hydrogen-bond donors (Lipinski definition) is 1. The monoisotopic (exact) mass is 605 g/mol. The molecular weight excluding hydrogens is 567 g/mol. The van der Waals surface area contributed by atoms with Gasteiger partial charge < -0.3 is 14.8 Å². The molecule has 8 nitrogen and oxygen atoms in total. The molecule has 0 bridgehead atoms. The fourth-order valence-corrected chi connectivity index (χ4v) is 6.16. The predicted octanol–water partition coefficient (Wildman–Crippen LogP) is 5.38. The first-order chi connectivity index (χ1) is 21.1. The van der Waals surface area contributed by atoms with E-state index in [1.807, 2.05) is 31.3 Å². The normalized spacial score (nSPS) is 17.3. The van der Waals surface area contributed by atoms with Gasteiger partial charge in [0.2, 0.25) is 0 Å². The van der Waals surface area contributed by atoms with Gasteiger partial charge in [0.1, 0.15) is 5.82 Å². The highest BCUT2D eigenvalue weighted by Gasteiger charge is 2.30. The number of nitrogens with one attached hydrogen (secondary N) is 1. The van der Waals surface area contributed by atoms with E-state index in [1.165, 1.54) is 23.3 Å². The third-order valence-corrected chi connectivity index (χ3v) is 8.79. The molecule has 0 spiro atoms. The van der Waals surface area contributed by atoms with Gasteiger partial charge in [0.15, 0.2) is 5.82 Å². The minimum absolute atomic E-state index is 0.127. The summed E-state index contributed by atoms with van der Waals surface area (Å²) in [6.07, 6.45) is -0.217. The number of imidazole rings is 1. The summed E-state index contributed by atoms with van der Waals surface area (Å²) in [5.74, 6) is 1.64. The van der Waals surface area contributed by atoms with Gasteiger partial charge in [-0.15, -0.1) is 0 Å². The van der Waals surface area contributed by atoms with E-state index in [0.29, 0.717) is 44.5 Å². The molecule has 0 unspecified atom stereocenters. The number of alkyl halides is 3. The zero-order chi connectivity index (χ0) is 30.8. The third kappa shape index (κ3) is 6.89. The van der Waals surface area contributed by atoms with E-state index in [4.69, 9.17) is 0 Å². The molecule has 44 heavy (non-hydrogen) atoms. The van der Waals surface area contributed by atoms with Gasteiger partial charge in [-0.05, 0) is 78.9 Å². The standard InChI is InChI=1S/C33H38F3N7O/c1-40(2)30-10-5-24(20-37-30)22-41-13-11-25(12-14-41)26-6-9-28-29(19-26)39-31(38-28)32(44)43-17-15-42(16-18-43)21-23-3-7-27(8-4-23)33(34,35)36/h3-10,19-20,25H,11-18,21-22H2,1-2H3,(H,38,39). The van der Waals surface area contributed by atoms with E-state index in [1.54, 1.807) is 4.90 Å². The second-order valence-corrected chi connectivity index (χ2v) is 12.1. The Hall–Kier alpha value is -3.96. The van der Waals surface area contributed by atoms with Gasteiger partial charge in [-0.3, -0.25) is 14.6 Å². The lowest BCUT2D eigenvalue weighted by Crippen LogP contribution is -2.48. The second kappa shape index (κ2) is 12.6. The van der Waals surface area contributed by atoms with Crippen LogP contribution in [0.3, 0.4) is 0 Å². The second-order valence-electron chi connectivity index (χ2n) is 12.1. The SMILES string of the molecule is CN(C)c1ccc(CN2CCC(c3ccc4nc(C(=O)N5CCN(Cc6ccc(C(F)(F)F)cc6)CC5)[nH]c4c3)CC2)cn1. The number of benzene rings is 2. The maximum atomic E-state index is 13.3. The van der Waals surface area contributed by atoms with Gasteiger partial charge in [-0.1, -0.05) is 24.3 Å². The Morgan fingerprint density at radius 1 is 0.886 bits per heavy atom. The van der Waals surface area contributed by atoms with E-state index in [-0.39, 0.29) is 5.91 Å². The quantitative estimate of drug-likeness (QED) is 0.305. The number of H-pyrrole nitrogens is 1. The molecule has 2 aliphatic heterocycles. The maximum Gasteiger partial charge on any atom is 0.416 e. The first-order valence-corrected chi connectivity index (χ1v) is 15.1. The molecular formula is C33H38F3N7O. The molecule has 0 radical (unpaired) electrons. The van der Waals surface area contributed by atoms with Crippen molar-refractivity contribution in [3.05, 3.63) is 88.9 Å². The molecule has 2 aromatic carbocycles. The first-order valence-electron chi connectivity index (χ1n) is 15.1. The van der Waals surface area contributed by atoms with Gasteiger partial charge >= 0.3 is 6.18 Å². The Bertz CT molecular complexity index is 1570. The van der Waals surface area contributed by atoms with Crippen LogP contribution in [0.5, 0.6) is 0 Å². The lowest BCUT2D eigenvalue weighted by atomic mass is 9.89. The number of carbonyl (C=O) groups excluding carboxylic acids is 1. The highest BCUT2D eigenvalue weighted by atomic mass is 19.4. The van der Waals surface area contributed by atoms with Crippen LogP contribution in [0.1, 0.15) is 51.6 Å². The van der Waals surface area contributed by atoms with Gasteiger partial charge in [-0.2, -0.15) is 13.2 Å². The van der Waals surface area contributed by atoms with Crippen LogP contribution >= 0.6 is 0 Å². The van der Waals surface area contributed by atoms with Gasteiger partial charge in [0, 0.05) is 59.6 Å². The average Bonchev–Trinajstić information content (AvgIpc) is 3.45. The molecule has 0 saturated carbocycles. The third-order valence-electron chi connectivity index (χ3n) is 8.79. The van der Waals surface area contributed by atoms with Crippen molar-refractivity contribution in [3.63, 3.8) is 0 Å². The summed E-state index contributed by atoms with van der Waals surface area (Å²) in [6.45, 7) is 5.87. The van der Waals surface area contributed by atoms with E-state index in [9.17, 15) is 18.0 Å². The Labute approximate surface area is 255 Å². The summed E-state index contributed by atoms with van der Waals surface area (Å²) in [6, 6.07) is 15.8. The summed E-state index contributed by atoms with van der Waals surface area (Å²) in [7, 11) is 3.99. The summed E-state index contributed by atoms with van der Waals surface area (Å²) < 4.78 is 38.5. The number of hydrogen-bond acceptors (Lipinski definition) is 6. The van der Waals surface area contributed by atoms with Crippen LogP contribution in [0.2, 0.25) is 0 Å². The molecule has 6 rings (SSSR count). The van der Waals surface area contributed by atoms with E-state index >= 15 is 0 Å². The molecule has 1 amide bonds. The topological polar surface area (TPSA) is 71.6 Å². The van der Waals surface area contributed by atoms with Crippen LogP contribution in [-0.4, -0.2) is 88.9 Å². The highest BCUT2D eigenvalue weighted by molar-refractivity contribution is 5.94. The number of amides is 1. The molecule has 2 aromatic heterocycles. The number of halogens is 3. The molecule has 0 aliphatic carbocycles. The average molecular weight is 606 g/mol. The number of rotatable bonds is 7. The van der Waals surface area contributed by atoms with Crippen molar-refractivity contribution in [1.29, 1.82) is 0 Å². The Balaban J connectivity index is 1.01. The fourth-order valence-electron chi connectivity index (χ4n) is 6.16. The van der Waals surface area contributed by atoms with E-state index in [2.05, 4.69) is 49.0 Å². The summed E-state index contributed by atoms with van der Waals surface area (Å²) in [4.78, 5) is 34.1. The van der Waals surface area contributed by atoms with Crippen molar-refractivity contribution < 1.29 is 18.0 Å². The Kier molecular flexibility index (Phi) is 8.59. The summed E-state index contributed by atoms with van der Waals surface area (Å²) in [5.41, 5.74) is 4.34. The van der Waals surface area contributed by atoms with Gasteiger partial charge in [0.05, 0.1) is 16.6 Å². The Morgan fingerprint density at radius 2 is 1.55 bits per heavy atom. The summed E-state index contributed by atoms with van der Waals surface area (Å²) >= 11 is 0. The lowest BCUT2D eigenvalue weighted by Gasteiger charge is -2.34. The molecule has 0 atom stereocenters. The van der Waals surface area contributed by atoms with Gasteiger partial charge in [-0.25, -0.2) is 9.97 Å². The van der Waals surface area contributed by atoms with E-state index < -0.39 is 11.7 Å². The fraction of sp³-hybridized carbons (Fsp3) is 0.424. The number of carbonyl (C=O) groups is 1. The van der Waals surface area contributed by atoms with Crippen molar-refractivity contribution in [2.24, 2.45) is 0 Å². The number of piperidine rings is 1. The molecule has 2 fully saturated rings. The van der Waals surface area contributed by atoms with Crippen molar-refractivity contribution >= 4 is 22.8 Å². The van der Waals surface area contributed by atoms with Crippen molar-refractivity contribution in [2.45, 2.75) is 38.0 Å². The number of aromatic nitrogens is 3. The molecule has 1 N–H and O–H groups in total. The van der Waals surface area contributed by atoms with Crippen LogP contribution in [0.4, 0.5) is 19.0 Å². The van der Waals surface area contributed by atoms with Crippen LogP contribution in [0.15, 0.2) is 60.8 Å². The number of aromatic amines is 1. The number of anilines is 1.